The monoisotopic (exact) mass is 280 g/mol. The standard InChI is InChI=1S/C14H17FN2O3/c1-9(13(18)19)4-6-16-14(20)17-7-5-10-2-3-11(15)8-12(10)17/h2-3,8-9H,4-7H2,1H3,(H,16,20)(H,18,19). The average Bonchev–Trinajstić information content (AvgIpc) is 2.81. The molecule has 0 saturated carbocycles. The van der Waals surface area contributed by atoms with E-state index in [2.05, 4.69) is 5.32 Å². The van der Waals surface area contributed by atoms with E-state index in [0.717, 1.165) is 5.56 Å². The summed E-state index contributed by atoms with van der Waals surface area (Å²) in [6.45, 7) is 2.39. The Morgan fingerprint density at radius 1 is 1.50 bits per heavy atom. The molecule has 2 amide bonds. The van der Waals surface area contributed by atoms with Gasteiger partial charge in [-0.2, -0.15) is 0 Å². The zero-order valence-electron chi connectivity index (χ0n) is 11.2. The number of aliphatic carboxylic acids is 1. The van der Waals surface area contributed by atoms with Crippen molar-refractivity contribution in [2.24, 2.45) is 5.92 Å². The van der Waals surface area contributed by atoms with E-state index in [9.17, 15) is 14.0 Å². The molecule has 1 aliphatic rings. The zero-order chi connectivity index (χ0) is 14.7. The summed E-state index contributed by atoms with van der Waals surface area (Å²) in [7, 11) is 0. The molecule has 0 fully saturated rings. The maximum Gasteiger partial charge on any atom is 0.321 e. The van der Waals surface area contributed by atoms with E-state index >= 15 is 0 Å². The van der Waals surface area contributed by atoms with Crippen LogP contribution in [0.2, 0.25) is 0 Å². The Morgan fingerprint density at radius 2 is 2.25 bits per heavy atom. The lowest BCUT2D eigenvalue weighted by Crippen LogP contribution is -2.40. The number of nitrogens with zero attached hydrogens (tertiary/aromatic N) is 1. The van der Waals surface area contributed by atoms with Crippen molar-refractivity contribution in [3.05, 3.63) is 29.6 Å². The van der Waals surface area contributed by atoms with Crippen molar-refractivity contribution < 1.29 is 19.1 Å². The van der Waals surface area contributed by atoms with Crippen LogP contribution in [0, 0.1) is 11.7 Å². The highest BCUT2D eigenvalue weighted by Crippen LogP contribution is 2.28. The van der Waals surface area contributed by atoms with E-state index in [-0.39, 0.29) is 18.4 Å². The lowest BCUT2D eigenvalue weighted by atomic mass is 10.1. The molecule has 1 atom stereocenters. The van der Waals surface area contributed by atoms with Crippen molar-refractivity contribution in [1.82, 2.24) is 5.32 Å². The topological polar surface area (TPSA) is 69.6 Å². The first kappa shape index (κ1) is 14.3. The van der Waals surface area contributed by atoms with Crippen LogP contribution in [0.1, 0.15) is 18.9 Å². The number of anilines is 1. The minimum atomic E-state index is -0.882. The second kappa shape index (κ2) is 5.90. The fourth-order valence-electron chi connectivity index (χ4n) is 2.18. The lowest BCUT2D eigenvalue weighted by molar-refractivity contribution is -0.141. The van der Waals surface area contributed by atoms with Crippen LogP contribution in [0.4, 0.5) is 14.9 Å². The Labute approximate surface area is 116 Å². The number of benzene rings is 1. The normalized spacial score (nSPS) is 14.8. The summed E-state index contributed by atoms with van der Waals surface area (Å²) in [5, 5.41) is 11.4. The van der Waals surface area contributed by atoms with Crippen LogP contribution in [0.3, 0.4) is 0 Å². The predicted octanol–water partition coefficient (Wildman–Crippen LogP) is 2.01. The molecule has 1 aromatic carbocycles. The molecule has 108 valence electrons. The van der Waals surface area contributed by atoms with Crippen LogP contribution < -0.4 is 10.2 Å². The summed E-state index contributed by atoms with van der Waals surface area (Å²) in [5.41, 5.74) is 1.54. The Balaban J connectivity index is 1.92. The van der Waals surface area contributed by atoms with Crippen molar-refractivity contribution in [2.45, 2.75) is 19.8 Å². The molecule has 2 N–H and O–H groups in total. The minimum absolute atomic E-state index is 0.285. The highest BCUT2D eigenvalue weighted by molar-refractivity contribution is 5.94. The van der Waals surface area contributed by atoms with Crippen LogP contribution in [0.15, 0.2) is 18.2 Å². The summed E-state index contributed by atoms with van der Waals surface area (Å²) in [6.07, 6.45) is 1.07. The van der Waals surface area contributed by atoms with Gasteiger partial charge in [0, 0.05) is 13.1 Å². The van der Waals surface area contributed by atoms with Crippen LogP contribution in [-0.2, 0) is 11.2 Å². The smallest absolute Gasteiger partial charge is 0.321 e. The highest BCUT2D eigenvalue weighted by Gasteiger charge is 2.25. The van der Waals surface area contributed by atoms with Gasteiger partial charge in [0.05, 0.1) is 11.6 Å². The molecule has 5 nitrogen and oxygen atoms in total. The maximum atomic E-state index is 13.2. The number of carboxylic acid groups (broad SMARTS) is 1. The van der Waals surface area contributed by atoms with Gasteiger partial charge in [-0.3, -0.25) is 9.69 Å². The molecule has 1 heterocycles. The van der Waals surface area contributed by atoms with Gasteiger partial charge < -0.3 is 10.4 Å². The van der Waals surface area contributed by atoms with Crippen LogP contribution in [0.5, 0.6) is 0 Å². The first-order chi connectivity index (χ1) is 9.49. The van der Waals surface area contributed by atoms with E-state index in [1.165, 1.54) is 17.0 Å². The largest absolute Gasteiger partial charge is 0.481 e. The SMILES string of the molecule is CC(CCNC(=O)N1CCc2ccc(F)cc21)C(=O)O. The van der Waals surface area contributed by atoms with Gasteiger partial charge in [-0.15, -0.1) is 0 Å². The zero-order valence-corrected chi connectivity index (χ0v) is 11.2. The molecule has 0 aliphatic carbocycles. The molecule has 0 aromatic heterocycles. The third-order valence-electron chi connectivity index (χ3n) is 3.46. The first-order valence-electron chi connectivity index (χ1n) is 6.55. The number of carbonyl (C=O) groups excluding carboxylic acids is 1. The van der Waals surface area contributed by atoms with Gasteiger partial charge in [-0.05, 0) is 30.5 Å². The molecule has 1 aromatic rings. The molecular weight excluding hydrogens is 263 g/mol. The van der Waals surface area contributed by atoms with Crippen molar-refractivity contribution in [2.75, 3.05) is 18.0 Å². The number of halogens is 1. The highest BCUT2D eigenvalue weighted by atomic mass is 19.1. The first-order valence-corrected chi connectivity index (χ1v) is 6.55. The van der Waals surface area contributed by atoms with Crippen LogP contribution >= 0.6 is 0 Å². The summed E-state index contributed by atoms with van der Waals surface area (Å²) in [6, 6.07) is 4.10. The second-order valence-electron chi connectivity index (χ2n) is 4.93. The average molecular weight is 280 g/mol. The van der Waals surface area contributed by atoms with Crippen LogP contribution in [-0.4, -0.2) is 30.2 Å². The molecule has 0 saturated heterocycles. The van der Waals surface area contributed by atoms with Crippen molar-refractivity contribution in [1.29, 1.82) is 0 Å². The van der Waals surface area contributed by atoms with E-state index in [1.807, 2.05) is 0 Å². The predicted molar refractivity (Wildman–Crippen MR) is 72.3 cm³/mol. The third kappa shape index (κ3) is 3.07. The van der Waals surface area contributed by atoms with Gasteiger partial charge >= 0.3 is 12.0 Å². The number of carbonyl (C=O) groups is 2. The van der Waals surface area contributed by atoms with Gasteiger partial charge in [0.25, 0.3) is 0 Å². The third-order valence-corrected chi connectivity index (χ3v) is 3.46. The second-order valence-corrected chi connectivity index (χ2v) is 4.93. The van der Waals surface area contributed by atoms with Gasteiger partial charge in [0.1, 0.15) is 5.82 Å². The van der Waals surface area contributed by atoms with Gasteiger partial charge in [-0.1, -0.05) is 13.0 Å². The number of urea groups is 1. The fourth-order valence-corrected chi connectivity index (χ4v) is 2.18. The number of rotatable bonds is 4. The Hall–Kier alpha value is -2.11. The Morgan fingerprint density at radius 3 is 2.95 bits per heavy atom. The summed E-state index contributed by atoms with van der Waals surface area (Å²) < 4.78 is 13.2. The molecular formula is C14H17FN2O3. The molecule has 20 heavy (non-hydrogen) atoms. The fraction of sp³-hybridized carbons (Fsp3) is 0.429. The number of hydrogen-bond acceptors (Lipinski definition) is 2. The number of hydrogen-bond donors (Lipinski definition) is 2. The van der Waals surface area contributed by atoms with Crippen molar-refractivity contribution >= 4 is 17.7 Å². The molecule has 2 rings (SSSR count). The van der Waals surface area contributed by atoms with Gasteiger partial charge in [0.2, 0.25) is 0 Å². The lowest BCUT2D eigenvalue weighted by Gasteiger charge is -2.18. The summed E-state index contributed by atoms with van der Waals surface area (Å²) >= 11 is 0. The van der Waals surface area contributed by atoms with E-state index < -0.39 is 11.9 Å². The maximum absolute atomic E-state index is 13.2. The van der Waals surface area contributed by atoms with E-state index in [1.54, 1.807) is 13.0 Å². The van der Waals surface area contributed by atoms with Crippen LogP contribution in [0.25, 0.3) is 0 Å². The molecule has 0 bridgehead atoms. The number of fused-ring (bicyclic) bond motifs is 1. The van der Waals surface area contributed by atoms with Gasteiger partial charge in [-0.25, -0.2) is 9.18 Å². The molecule has 1 unspecified atom stereocenters. The molecule has 6 heteroatoms. The summed E-state index contributed by atoms with van der Waals surface area (Å²) in [4.78, 5) is 24.2. The van der Waals surface area contributed by atoms with Crippen molar-refractivity contribution in [3.8, 4) is 0 Å². The number of nitrogens with one attached hydrogen (secondary N) is 1. The van der Waals surface area contributed by atoms with Gasteiger partial charge in [0.15, 0.2) is 0 Å². The number of carboxylic acids is 1. The summed E-state index contributed by atoms with van der Waals surface area (Å²) in [5.74, 6) is -1.76. The Kier molecular flexibility index (Phi) is 4.22. The molecule has 0 radical (unpaired) electrons. The quantitative estimate of drug-likeness (QED) is 0.886. The van der Waals surface area contributed by atoms with E-state index in [0.29, 0.717) is 25.1 Å². The minimum Gasteiger partial charge on any atom is -0.481 e. The molecule has 1 aliphatic heterocycles. The Bertz CT molecular complexity index is 533. The number of amides is 2. The van der Waals surface area contributed by atoms with E-state index in [4.69, 9.17) is 5.11 Å². The molecule has 0 spiro atoms. The van der Waals surface area contributed by atoms with Crippen molar-refractivity contribution in [3.63, 3.8) is 0 Å².